The van der Waals surface area contributed by atoms with Crippen molar-refractivity contribution >= 4 is 42.1 Å². The Kier molecular flexibility index (Phi) is 8.79. The molecule has 0 unspecified atom stereocenters. The first kappa shape index (κ1) is 20.6. The Bertz CT molecular complexity index is 486. The zero-order valence-electron chi connectivity index (χ0n) is 13.3. The molecule has 2 saturated heterocycles. The predicted octanol–water partition coefficient (Wildman–Crippen LogP) is 2.19. The Labute approximate surface area is 154 Å². The number of piperidine rings is 1. The number of rotatable bonds is 4. The SMILES string of the molecule is Cl.Cl.NCCc1nc(C(=O)N2CCC(N3CCCC3)CC2)cs1. The van der Waals surface area contributed by atoms with Gasteiger partial charge in [-0.25, -0.2) is 4.98 Å². The molecule has 0 aliphatic carbocycles. The van der Waals surface area contributed by atoms with Crippen LogP contribution in [0, 0.1) is 0 Å². The molecule has 3 rings (SSSR count). The molecular formula is C15H26Cl2N4OS. The number of halogens is 2. The van der Waals surface area contributed by atoms with Gasteiger partial charge in [0.25, 0.3) is 5.91 Å². The molecule has 3 heterocycles. The van der Waals surface area contributed by atoms with Crippen molar-refractivity contribution in [3.05, 3.63) is 16.1 Å². The maximum Gasteiger partial charge on any atom is 0.273 e. The molecule has 5 nitrogen and oxygen atoms in total. The fraction of sp³-hybridized carbons (Fsp3) is 0.733. The number of nitrogens with zero attached hydrogens (tertiary/aromatic N) is 3. The van der Waals surface area contributed by atoms with Gasteiger partial charge < -0.3 is 15.5 Å². The van der Waals surface area contributed by atoms with Crippen LogP contribution in [0.5, 0.6) is 0 Å². The molecule has 2 aliphatic rings. The zero-order chi connectivity index (χ0) is 14.7. The van der Waals surface area contributed by atoms with Gasteiger partial charge in [0.2, 0.25) is 0 Å². The summed E-state index contributed by atoms with van der Waals surface area (Å²) >= 11 is 1.54. The van der Waals surface area contributed by atoms with Crippen LogP contribution in [-0.2, 0) is 6.42 Å². The molecule has 1 amide bonds. The lowest BCUT2D eigenvalue weighted by atomic mass is 10.0. The van der Waals surface area contributed by atoms with Crippen molar-refractivity contribution in [2.75, 3.05) is 32.7 Å². The quantitative estimate of drug-likeness (QED) is 0.869. The van der Waals surface area contributed by atoms with Gasteiger partial charge in [-0.2, -0.15) is 0 Å². The Morgan fingerprint density at radius 1 is 1.22 bits per heavy atom. The predicted molar refractivity (Wildman–Crippen MR) is 99.1 cm³/mol. The van der Waals surface area contributed by atoms with Gasteiger partial charge in [-0.3, -0.25) is 4.79 Å². The smallest absolute Gasteiger partial charge is 0.273 e. The van der Waals surface area contributed by atoms with Gasteiger partial charge in [0.15, 0.2) is 0 Å². The van der Waals surface area contributed by atoms with Gasteiger partial charge in [-0.1, -0.05) is 0 Å². The van der Waals surface area contributed by atoms with E-state index >= 15 is 0 Å². The number of amides is 1. The first-order chi connectivity index (χ1) is 10.3. The van der Waals surface area contributed by atoms with Crippen LogP contribution in [0.1, 0.15) is 41.2 Å². The maximum atomic E-state index is 12.5. The summed E-state index contributed by atoms with van der Waals surface area (Å²) in [5.41, 5.74) is 6.13. The molecule has 0 radical (unpaired) electrons. The largest absolute Gasteiger partial charge is 0.337 e. The molecule has 132 valence electrons. The van der Waals surface area contributed by atoms with Crippen molar-refractivity contribution in [1.29, 1.82) is 0 Å². The van der Waals surface area contributed by atoms with Gasteiger partial charge in [0, 0.05) is 30.9 Å². The molecule has 1 aromatic heterocycles. The van der Waals surface area contributed by atoms with Crippen molar-refractivity contribution in [3.63, 3.8) is 0 Å². The Morgan fingerprint density at radius 2 is 1.87 bits per heavy atom. The van der Waals surface area contributed by atoms with E-state index < -0.39 is 0 Å². The number of hydrogen-bond acceptors (Lipinski definition) is 5. The highest BCUT2D eigenvalue weighted by Crippen LogP contribution is 2.22. The van der Waals surface area contributed by atoms with Crippen LogP contribution >= 0.6 is 36.2 Å². The van der Waals surface area contributed by atoms with Gasteiger partial charge >= 0.3 is 0 Å². The third-order valence-electron chi connectivity index (χ3n) is 4.54. The van der Waals surface area contributed by atoms with E-state index in [0.29, 0.717) is 18.3 Å². The molecule has 0 bridgehead atoms. The monoisotopic (exact) mass is 380 g/mol. The van der Waals surface area contributed by atoms with Crippen LogP contribution in [0.4, 0.5) is 0 Å². The summed E-state index contributed by atoms with van der Waals surface area (Å²) in [7, 11) is 0. The summed E-state index contributed by atoms with van der Waals surface area (Å²) < 4.78 is 0. The summed E-state index contributed by atoms with van der Waals surface area (Å²) in [6, 6.07) is 0.680. The average molecular weight is 381 g/mol. The van der Waals surface area contributed by atoms with Gasteiger partial charge in [0.1, 0.15) is 5.69 Å². The lowest BCUT2D eigenvalue weighted by molar-refractivity contribution is 0.0639. The first-order valence-corrected chi connectivity index (χ1v) is 8.83. The summed E-state index contributed by atoms with van der Waals surface area (Å²) in [6.07, 6.45) is 5.63. The fourth-order valence-corrected chi connectivity index (χ4v) is 4.14. The topological polar surface area (TPSA) is 62.5 Å². The molecule has 0 spiro atoms. The Morgan fingerprint density at radius 3 is 2.48 bits per heavy atom. The lowest BCUT2D eigenvalue weighted by Gasteiger charge is -2.36. The highest BCUT2D eigenvalue weighted by molar-refractivity contribution is 7.09. The third kappa shape index (κ3) is 5.03. The molecule has 2 N–H and O–H groups in total. The summed E-state index contributed by atoms with van der Waals surface area (Å²) in [4.78, 5) is 21.4. The molecule has 0 aromatic carbocycles. The average Bonchev–Trinajstić information content (AvgIpc) is 3.19. The fourth-order valence-electron chi connectivity index (χ4n) is 3.35. The maximum absolute atomic E-state index is 12.5. The molecule has 8 heteroatoms. The van der Waals surface area contributed by atoms with E-state index in [1.165, 1.54) is 25.9 Å². The highest BCUT2D eigenvalue weighted by atomic mass is 35.5. The van der Waals surface area contributed by atoms with Crippen LogP contribution in [0.2, 0.25) is 0 Å². The Balaban J connectivity index is 0.00000132. The number of aromatic nitrogens is 1. The van der Waals surface area contributed by atoms with E-state index in [4.69, 9.17) is 5.73 Å². The minimum absolute atomic E-state index is 0. The highest BCUT2D eigenvalue weighted by Gasteiger charge is 2.29. The number of hydrogen-bond donors (Lipinski definition) is 1. The molecule has 0 saturated carbocycles. The Hall–Kier alpha value is -0.400. The van der Waals surface area contributed by atoms with Gasteiger partial charge in [-0.15, -0.1) is 36.2 Å². The second-order valence-corrected chi connectivity index (χ2v) is 6.87. The summed E-state index contributed by atoms with van der Waals surface area (Å²) in [5.74, 6) is 0.0920. The van der Waals surface area contributed by atoms with Crippen LogP contribution in [-0.4, -0.2) is 59.5 Å². The summed E-state index contributed by atoms with van der Waals surface area (Å²) in [6.45, 7) is 4.80. The van der Waals surface area contributed by atoms with Crippen LogP contribution in [0.25, 0.3) is 0 Å². The van der Waals surface area contributed by atoms with E-state index in [1.807, 2.05) is 10.3 Å². The van der Waals surface area contributed by atoms with Crippen molar-refractivity contribution < 1.29 is 4.79 Å². The number of carbonyl (C=O) groups is 1. The third-order valence-corrected chi connectivity index (χ3v) is 5.45. The molecule has 23 heavy (non-hydrogen) atoms. The minimum Gasteiger partial charge on any atom is -0.337 e. The second-order valence-electron chi connectivity index (χ2n) is 5.93. The van der Waals surface area contributed by atoms with E-state index in [-0.39, 0.29) is 30.7 Å². The van der Waals surface area contributed by atoms with Gasteiger partial charge in [-0.05, 0) is 45.3 Å². The first-order valence-electron chi connectivity index (χ1n) is 7.95. The van der Waals surface area contributed by atoms with Gasteiger partial charge in [0.05, 0.1) is 5.01 Å². The van der Waals surface area contributed by atoms with Crippen molar-refractivity contribution in [3.8, 4) is 0 Å². The van der Waals surface area contributed by atoms with E-state index in [9.17, 15) is 4.79 Å². The van der Waals surface area contributed by atoms with Crippen LogP contribution in [0.3, 0.4) is 0 Å². The van der Waals surface area contributed by atoms with Crippen LogP contribution < -0.4 is 5.73 Å². The number of thiazole rings is 1. The number of likely N-dealkylation sites (tertiary alicyclic amines) is 2. The second kappa shape index (κ2) is 9.79. The van der Waals surface area contributed by atoms with E-state index in [2.05, 4.69) is 9.88 Å². The molecular weight excluding hydrogens is 355 g/mol. The molecule has 0 atom stereocenters. The van der Waals surface area contributed by atoms with Crippen molar-refractivity contribution in [2.24, 2.45) is 5.73 Å². The zero-order valence-corrected chi connectivity index (χ0v) is 15.7. The standard InChI is InChI=1S/C15H24N4OS.2ClH/c16-6-3-14-17-13(11-21-14)15(20)19-9-4-12(5-10-19)18-7-1-2-8-18;;/h11-12H,1-10,16H2;2*1H. The van der Waals surface area contributed by atoms with E-state index in [1.54, 1.807) is 11.3 Å². The number of carbonyl (C=O) groups excluding carboxylic acids is 1. The van der Waals surface area contributed by atoms with Crippen LogP contribution in [0.15, 0.2) is 5.38 Å². The normalized spacial score (nSPS) is 19.3. The lowest BCUT2D eigenvalue weighted by Crippen LogP contribution is -2.46. The van der Waals surface area contributed by atoms with E-state index in [0.717, 1.165) is 37.4 Å². The molecule has 2 aliphatic heterocycles. The summed E-state index contributed by atoms with van der Waals surface area (Å²) in [5, 5.41) is 2.84. The molecule has 1 aromatic rings. The van der Waals surface area contributed by atoms with Crippen molar-refractivity contribution in [2.45, 2.75) is 38.1 Å². The number of nitrogens with two attached hydrogens (primary N) is 1. The minimum atomic E-state index is 0. The van der Waals surface area contributed by atoms with Crippen molar-refractivity contribution in [1.82, 2.24) is 14.8 Å². The molecule has 2 fully saturated rings.